The highest BCUT2D eigenvalue weighted by molar-refractivity contribution is 9.10. The van der Waals surface area contributed by atoms with Gasteiger partial charge in [-0.05, 0) is 40.2 Å². The number of hydrogen-bond donors (Lipinski definition) is 1. The number of thiophene rings is 1. The molecule has 0 unspecified atom stereocenters. The number of halogens is 2. The lowest BCUT2D eigenvalue weighted by atomic mass is 10.1. The molecule has 3 nitrogen and oxygen atoms in total. The van der Waals surface area contributed by atoms with Crippen LogP contribution in [0, 0.1) is 0 Å². The van der Waals surface area contributed by atoms with Crippen molar-refractivity contribution >= 4 is 54.8 Å². The van der Waals surface area contributed by atoms with Crippen LogP contribution in [0.2, 0.25) is 0 Å². The van der Waals surface area contributed by atoms with Gasteiger partial charge in [0.2, 0.25) is 0 Å². The van der Waals surface area contributed by atoms with Gasteiger partial charge in [-0.25, -0.2) is 0 Å². The van der Waals surface area contributed by atoms with Crippen molar-refractivity contribution in [1.29, 1.82) is 0 Å². The summed E-state index contributed by atoms with van der Waals surface area (Å²) in [5.41, 5.74) is 6.89. The first-order valence-electron chi connectivity index (χ1n) is 5.51. The van der Waals surface area contributed by atoms with Crippen LogP contribution in [-0.2, 0) is 6.54 Å². The Labute approximate surface area is 132 Å². The molecule has 19 heavy (non-hydrogen) atoms. The number of carbonyl (C=O) groups is 1. The van der Waals surface area contributed by atoms with Crippen LogP contribution in [0.3, 0.4) is 0 Å². The Morgan fingerprint density at radius 3 is 2.63 bits per heavy atom. The molecular weight excluding hydrogens is 392 g/mol. The quantitative estimate of drug-likeness (QED) is 0.783. The van der Waals surface area contributed by atoms with E-state index in [4.69, 9.17) is 5.73 Å². The van der Waals surface area contributed by atoms with Gasteiger partial charge in [-0.1, -0.05) is 15.9 Å². The topological polar surface area (TPSA) is 46.3 Å². The molecule has 0 saturated carbocycles. The van der Waals surface area contributed by atoms with E-state index in [-0.39, 0.29) is 5.91 Å². The highest BCUT2D eigenvalue weighted by Crippen LogP contribution is 2.23. The Bertz CT molecular complexity index is 612. The predicted octanol–water partition coefficient (Wildman–Crippen LogP) is 4.13. The first-order valence-corrected chi connectivity index (χ1v) is 7.97. The number of rotatable bonds is 3. The van der Waals surface area contributed by atoms with Crippen LogP contribution in [0.25, 0.3) is 0 Å². The largest absolute Gasteiger partial charge is 0.398 e. The molecule has 1 amide bonds. The number of amides is 1. The molecule has 0 spiro atoms. The summed E-state index contributed by atoms with van der Waals surface area (Å²) in [6, 6.07) is 7.31. The van der Waals surface area contributed by atoms with Gasteiger partial charge in [-0.15, -0.1) is 11.3 Å². The van der Waals surface area contributed by atoms with Crippen LogP contribution in [0.5, 0.6) is 0 Å². The molecule has 2 rings (SSSR count). The maximum Gasteiger partial charge on any atom is 0.256 e. The van der Waals surface area contributed by atoms with E-state index in [0.29, 0.717) is 17.8 Å². The van der Waals surface area contributed by atoms with Crippen molar-refractivity contribution in [2.45, 2.75) is 6.54 Å². The molecule has 2 aromatic rings. The van der Waals surface area contributed by atoms with E-state index in [0.717, 1.165) is 13.8 Å². The Morgan fingerprint density at radius 1 is 1.32 bits per heavy atom. The minimum absolute atomic E-state index is 0.0745. The zero-order valence-corrected chi connectivity index (χ0v) is 14.2. The van der Waals surface area contributed by atoms with E-state index < -0.39 is 0 Å². The highest BCUT2D eigenvalue weighted by atomic mass is 79.9. The van der Waals surface area contributed by atoms with E-state index in [1.54, 1.807) is 35.4 Å². The molecular formula is C13H12Br2N2OS. The van der Waals surface area contributed by atoms with Gasteiger partial charge in [0.1, 0.15) is 0 Å². The van der Waals surface area contributed by atoms with Crippen molar-refractivity contribution < 1.29 is 4.79 Å². The first kappa shape index (κ1) is 14.6. The van der Waals surface area contributed by atoms with Crippen LogP contribution >= 0.6 is 43.2 Å². The lowest BCUT2D eigenvalue weighted by molar-refractivity contribution is 0.0787. The zero-order valence-electron chi connectivity index (χ0n) is 10.2. The molecule has 1 aromatic heterocycles. The minimum Gasteiger partial charge on any atom is -0.398 e. The Balaban J connectivity index is 2.14. The summed E-state index contributed by atoms with van der Waals surface area (Å²) in [5, 5.41) is 2.00. The molecule has 0 aliphatic heterocycles. The third-order valence-electron chi connectivity index (χ3n) is 2.61. The fourth-order valence-electron chi connectivity index (χ4n) is 1.68. The van der Waals surface area contributed by atoms with E-state index in [2.05, 4.69) is 31.9 Å². The maximum absolute atomic E-state index is 12.3. The number of nitrogens with two attached hydrogens (primary N) is 1. The molecule has 6 heteroatoms. The van der Waals surface area contributed by atoms with Crippen molar-refractivity contribution in [3.63, 3.8) is 0 Å². The van der Waals surface area contributed by atoms with Crippen molar-refractivity contribution in [1.82, 2.24) is 4.90 Å². The monoisotopic (exact) mass is 402 g/mol. The van der Waals surface area contributed by atoms with Gasteiger partial charge in [0.05, 0.1) is 12.1 Å². The molecule has 100 valence electrons. The molecule has 1 heterocycles. The van der Waals surface area contributed by atoms with E-state index in [1.165, 1.54) is 0 Å². The fourth-order valence-corrected chi connectivity index (χ4v) is 3.56. The van der Waals surface area contributed by atoms with Crippen LogP contribution < -0.4 is 5.73 Å². The Morgan fingerprint density at radius 2 is 2.05 bits per heavy atom. The van der Waals surface area contributed by atoms with Gasteiger partial charge >= 0.3 is 0 Å². The molecule has 0 fully saturated rings. The number of hydrogen-bond acceptors (Lipinski definition) is 3. The molecule has 0 saturated heterocycles. The van der Waals surface area contributed by atoms with Gasteiger partial charge in [-0.3, -0.25) is 4.79 Å². The second-order valence-corrected chi connectivity index (χ2v) is 6.95. The van der Waals surface area contributed by atoms with Crippen molar-refractivity contribution in [2.75, 3.05) is 12.8 Å². The third kappa shape index (κ3) is 3.58. The fraction of sp³-hybridized carbons (Fsp3) is 0.154. The van der Waals surface area contributed by atoms with E-state index in [1.807, 2.05) is 17.5 Å². The number of nitrogen functional groups attached to an aromatic ring is 1. The van der Waals surface area contributed by atoms with Crippen LogP contribution in [-0.4, -0.2) is 17.9 Å². The lowest BCUT2D eigenvalue weighted by Crippen LogP contribution is -2.26. The summed E-state index contributed by atoms with van der Waals surface area (Å²) in [7, 11) is 1.78. The van der Waals surface area contributed by atoms with E-state index in [9.17, 15) is 4.79 Å². The highest BCUT2D eigenvalue weighted by Gasteiger charge is 2.15. The van der Waals surface area contributed by atoms with E-state index >= 15 is 0 Å². The number of benzene rings is 1. The van der Waals surface area contributed by atoms with Gasteiger partial charge in [0.25, 0.3) is 5.91 Å². The minimum atomic E-state index is -0.0745. The van der Waals surface area contributed by atoms with Gasteiger partial charge < -0.3 is 10.6 Å². The number of anilines is 1. The average molecular weight is 404 g/mol. The van der Waals surface area contributed by atoms with Crippen LogP contribution in [0.15, 0.2) is 38.6 Å². The summed E-state index contributed by atoms with van der Waals surface area (Å²) in [6.07, 6.45) is 0. The second kappa shape index (κ2) is 6.07. The van der Waals surface area contributed by atoms with Crippen molar-refractivity contribution in [3.05, 3.63) is 49.0 Å². The number of carbonyl (C=O) groups excluding carboxylic acids is 1. The van der Waals surface area contributed by atoms with Crippen molar-refractivity contribution in [2.24, 2.45) is 0 Å². The third-order valence-corrected chi connectivity index (χ3v) is 4.78. The standard InChI is InChI=1S/C13H12Br2N2OS/c1-17(6-10-4-9(15)7-19-10)13(18)11-3-2-8(14)5-12(11)16/h2-5,7H,6,16H2,1H3. The van der Waals surface area contributed by atoms with Crippen LogP contribution in [0.4, 0.5) is 5.69 Å². The molecule has 0 atom stereocenters. The summed E-state index contributed by atoms with van der Waals surface area (Å²) in [4.78, 5) is 15.1. The summed E-state index contributed by atoms with van der Waals surface area (Å²) in [5.74, 6) is -0.0745. The van der Waals surface area contributed by atoms with Crippen molar-refractivity contribution in [3.8, 4) is 0 Å². The Hall–Kier alpha value is -0.850. The zero-order chi connectivity index (χ0) is 14.0. The Kier molecular flexibility index (Phi) is 4.65. The predicted molar refractivity (Wildman–Crippen MR) is 86.4 cm³/mol. The molecule has 0 aliphatic carbocycles. The average Bonchev–Trinajstić information content (AvgIpc) is 2.74. The maximum atomic E-state index is 12.3. The van der Waals surface area contributed by atoms with Crippen LogP contribution in [0.1, 0.15) is 15.2 Å². The molecule has 0 bridgehead atoms. The van der Waals surface area contributed by atoms with Gasteiger partial charge in [0, 0.05) is 31.9 Å². The summed E-state index contributed by atoms with van der Waals surface area (Å²) < 4.78 is 1.91. The molecule has 0 radical (unpaired) electrons. The summed E-state index contributed by atoms with van der Waals surface area (Å²) >= 11 is 8.35. The van der Waals surface area contributed by atoms with Gasteiger partial charge in [-0.2, -0.15) is 0 Å². The lowest BCUT2D eigenvalue weighted by Gasteiger charge is -2.17. The normalized spacial score (nSPS) is 10.5. The SMILES string of the molecule is CN(Cc1cc(Br)cs1)C(=O)c1ccc(Br)cc1N. The first-order chi connectivity index (χ1) is 8.97. The smallest absolute Gasteiger partial charge is 0.256 e. The second-order valence-electron chi connectivity index (χ2n) is 4.12. The molecule has 1 aromatic carbocycles. The summed E-state index contributed by atoms with van der Waals surface area (Å²) in [6.45, 7) is 0.574. The molecule has 0 aliphatic rings. The molecule has 2 N–H and O–H groups in total. The number of nitrogens with zero attached hydrogens (tertiary/aromatic N) is 1. The van der Waals surface area contributed by atoms with Gasteiger partial charge in [0.15, 0.2) is 0 Å².